The minimum absolute atomic E-state index is 0.0983. The molecule has 2 N–H and O–H groups in total. The van der Waals surface area contributed by atoms with Gasteiger partial charge in [-0.05, 0) is 91.9 Å². The normalized spacial score (nSPS) is 23.5. The zero-order valence-electron chi connectivity index (χ0n) is 31.6. The van der Waals surface area contributed by atoms with E-state index < -0.39 is 17.4 Å². The van der Waals surface area contributed by atoms with Crippen molar-refractivity contribution in [2.24, 2.45) is 23.7 Å². The Morgan fingerprint density at radius 1 is 0.904 bits per heavy atom. The molecule has 6 rings (SSSR count). The Labute approximate surface area is 313 Å². The van der Waals surface area contributed by atoms with Crippen molar-refractivity contribution in [3.63, 3.8) is 0 Å². The van der Waals surface area contributed by atoms with Crippen LogP contribution in [0.5, 0.6) is 0 Å². The number of carboxylic acids is 1. The summed E-state index contributed by atoms with van der Waals surface area (Å²) in [5.41, 5.74) is 2.82. The Bertz CT molecular complexity index is 1750. The molecule has 2 aliphatic carbocycles. The summed E-state index contributed by atoms with van der Waals surface area (Å²) in [6.07, 6.45) is 18.8. The van der Waals surface area contributed by atoms with Gasteiger partial charge in [-0.1, -0.05) is 83.7 Å². The van der Waals surface area contributed by atoms with Crippen LogP contribution in [0, 0.1) is 23.7 Å². The Hall–Kier alpha value is -3.85. The largest absolute Gasteiger partial charge is 0.481 e. The monoisotopic (exact) mass is 724 g/mol. The van der Waals surface area contributed by atoms with Gasteiger partial charge in [0.1, 0.15) is 5.54 Å². The van der Waals surface area contributed by atoms with Gasteiger partial charge in [0.05, 0.1) is 10.8 Å². The zero-order chi connectivity index (χ0) is 37.0. The third kappa shape index (κ3) is 8.84. The molecule has 3 aliphatic rings. The Morgan fingerprint density at radius 3 is 2.19 bits per heavy atom. The average Bonchev–Trinajstić information content (AvgIpc) is 3.84. The first-order valence-corrected chi connectivity index (χ1v) is 20.2. The number of amides is 2. The van der Waals surface area contributed by atoms with Crippen molar-refractivity contribution >= 4 is 34.7 Å². The van der Waals surface area contributed by atoms with Crippen LogP contribution in [0.1, 0.15) is 125 Å². The smallest absolute Gasteiger partial charge is 0.308 e. The van der Waals surface area contributed by atoms with Gasteiger partial charge in [-0.15, -0.1) is 11.3 Å². The lowest BCUT2D eigenvalue weighted by Crippen LogP contribution is -2.58. The maximum absolute atomic E-state index is 14.1. The maximum atomic E-state index is 14.1. The van der Waals surface area contributed by atoms with Crippen LogP contribution in [0.15, 0.2) is 54.9 Å². The van der Waals surface area contributed by atoms with Crippen molar-refractivity contribution < 1.29 is 19.5 Å². The number of hydrogen-bond acceptors (Lipinski definition) is 6. The van der Waals surface area contributed by atoms with Gasteiger partial charge in [-0.25, -0.2) is 9.97 Å². The molecule has 3 heterocycles. The van der Waals surface area contributed by atoms with Gasteiger partial charge in [-0.2, -0.15) is 0 Å². The number of rotatable bonds is 11. The number of carbonyl (C=O) groups excluding carboxylic acids is 2. The number of aromatic nitrogens is 2. The fourth-order valence-electron chi connectivity index (χ4n) is 8.57. The number of aliphatic carboxylic acids is 1. The molecule has 0 spiro atoms. The Kier molecular flexibility index (Phi) is 11.7. The van der Waals surface area contributed by atoms with E-state index in [2.05, 4.69) is 39.1 Å². The topological polar surface area (TPSA) is 112 Å². The van der Waals surface area contributed by atoms with E-state index >= 15 is 0 Å². The molecule has 278 valence electrons. The minimum atomic E-state index is -1.28. The van der Waals surface area contributed by atoms with Gasteiger partial charge in [0.25, 0.3) is 5.91 Å². The number of benzene rings is 1. The maximum Gasteiger partial charge on any atom is 0.308 e. The lowest BCUT2D eigenvalue weighted by atomic mass is 9.70. The first-order valence-electron chi connectivity index (χ1n) is 19.4. The van der Waals surface area contributed by atoms with E-state index in [-0.39, 0.29) is 30.2 Å². The van der Waals surface area contributed by atoms with Crippen molar-refractivity contribution in [2.45, 2.75) is 116 Å². The van der Waals surface area contributed by atoms with Crippen LogP contribution in [-0.4, -0.2) is 56.4 Å². The van der Waals surface area contributed by atoms with E-state index in [1.807, 2.05) is 48.8 Å². The lowest BCUT2D eigenvalue weighted by molar-refractivity contribution is -0.142. The van der Waals surface area contributed by atoms with Crippen LogP contribution in [0.2, 0.25) is 0 Å². The van der Waals surface area contributed by atoms with E-state index in [1.54, 1.807) is 11.8 Å². The van der Waals surface area contributed by atoms with Crippen molar-refractivity contribution in [3.8, 4) is 11.4 Å². The third-order valence-electron chi connectivity index (χ3n) is 11.8. The van der Waals surface area contributed by atoms with Crippen LogP contribution in [-0.2, 0) is 21.4 Å². The number of carbonyl (C=O) groups is 3. The second kappa shape index (κ2) is 16.0. The van der Waals surface area contributed by atoms with Crippen molar-refractivity contribution in [2.75, 3.05) is 13.1 Å². The summed E-state index contributed by atoms with van der Waals surface area (Å²) in [6.45, 7) is 10.8. The number of nitrogens with zero attached hydrogens (tertiary/aromatic N) is 3. The minimum Gasteiger partial charge on any atom is -0.481 e. The third-order valence-corrected chi connectivity index (χ3v) is 13.3. The van der Waals surface area contributed by atoms with E-state index in [9.17, 15) is 19.5 Å². The molecular formula is C43H56N4O4S. The standard InChI is InChI=1S/C43H56N4O4S/c1-6-7-28-8-12-30(13-9-28)31-16-18-32(19-17-31)35-25-44-38(45-26-35)33-14-10-29(11-15-33)24-43(5,41(51)47-23-22-34(27-47)40(49)50)46-39(48)36-20-21-37(52-36)42(2,3)4/h10-11,14-15,18,20-21,25-26,28,30-31,34H,6-9,12-13,16-17,19,22-24,27H2,1-5H3,(H,46,48)(H,49,50)/t28?,30?,31?,34-,43?/m0/s1. The summed E-state index contributed by atoms with van der Waals surface area (Å²) in [5, 5.41) is 12.6. The molecule has 0 bridgehead atoms. The fourth-order valence-corrected chi connectivity index (χ4v) is 9.53. The highest BCUT2D eigenvalue weighted by atomic mass is 32.1. The van der Waals surface area contributed by atoms with E-state index in [1.165, 1.54) is 61.9 Å². The first kappa shape index (κ1) is 37.9. The van der Waals surface area contributed by atoms with E-state index in [0.717, 1.165) is 52.2 Å². The molecule has 52 heavy (non-hydrogen) atoms. The Morgan fingerprint density at radius 2 is 1.62 bits per heavy atom. The zero-order valence-corrected chi connectivity index (χ0v) is 32.4. The van der Waals surface area contributed by atoms with E-state index in [4.69, 9.17) is 9.97 Å². The highest BCUT2D eigenvalue weighted by Gasteiger charge is 2.42. The molecule has 2 aromatic heterocycles. The van der Waals surface area contributed by atoms with Gasteiger partial charge in [-0.3, -0.25) is 14.4 Å². The SMILES string of the molecule is CCCC1CCC(C2CC=C(c3cnc(-c4ccc(CC(C)(NC(=O)c5ccc(C(C)(C)C)s5)C(=O)N5CC[C@H](C(=O)O)C5)cc4)nc3)CC2)CC1. The number of nitrogens with one attached hydrogen (secondary N) is 1. The molecule has 1 aliphatic heterocycles. The quantitative estimate of drug-likeness (QED) is 0.204. The number of carboxylic acid groups (broad SMARTS) is 1. The molecule has 0 radical (unpaired) electrons. The fraction of sp³-hybridized carbons (Fsp3) is 0.558. The summed E-state index contributed by atoms with van der Waals surface area (Å²) >= 11 is 1.43. The van der Waals surface area contributed by atoms with Gasteiger partial charge in [0.15, 0.2) is 5.82 Å². The number of likely N-dealkylation sites (tertiary alicyclic amines) is 1. The van der Waals surface area contributed by atoms with Gasteiger partial charge >= 0.3 is 5.97 Å². The summed E-state index contributed by atoms with van der Waals surface area (Å²) in [6, 6.07) is 11.6. The summed E-state index contributed by atoms with van der Waals surface area (Å²) < 4.78 is 0. The number of thiophene rings is 1. The molecule has 9 heteroatoms. The first-order chi connectivity index (χ1) is 24.8. The average molecular weight is 725 g/mol. The van der Waals surface area contributed by atoms with Crippen LogP contribution < -0.4 is 5.32 Å². The van der Waals surface area contributed by atoms with Crippen LogP contribution in [0.3, 0.4) is 0 Å². The predicted molar refractivity (Wildman–Crippen MR) is 208 cm³/mol. The van der Waals surface area contributed by atoms with Gasteiger partial charge in [0.2, 0.25) is 5.91 Å². The molecule has 8 nitrogen and oxygen atoms in total. The molecule has 3 atom stereocenters. The van der Waals surface area contributed by atoms with Crippen LogP contribution >= 0.6 is 11.3 Å². The van der Waals surface area contributed by atoms with Crippen LogP contribution in [0.4, 0.5) is 0 Å². The second-order valence-corrected chi connectivity index (χ2v) is 17.9. The molecule has 2 amide bonds. The molecule has 1 saturated carbocycles. The summed E-state index contributed by atoms with van der Waals surface area (Å²) in [7, 11) is 0. The number of allylic oxidation sites excluding steroid dienone is 2. The number of hydrogen-bond donors (Lipinski definition) is 2. The molecular weight excluding hydrogens is 669 g/mol. The van der Waals surface area contributed by atoms with Crippen LogP contribution in [0.25, 0.3) is 17.0 Å². The van der Waals surface area contributed by atoms with Crippen molar-refractivity contribution in [1.82, 2.24) is 20.2 Å². The molecule has 2 unspecified atom stereocenters. The molecule has 1 aromatic carbocycles. The summed E-state index contributed by atoms with van der Waals surface area (Å²) in [5.74, 6) is 1.19. The van der Waals surface area contributed by atoms with Gasteiger partial charge in [0, 0.05) is 47.9 Å². The lowest BCUT2D eigenvalue weighted by Gasteiger charge is -2.35. The molecule has 2 fully saturated rings. The predicted octanol–water partition coefficient (Wildman–Crippen LogP) is 8.96. The summed E-state index contributed by atoms with van der Waals surface area (Å²) in [4.78, 5) is 52.0. The van der Waals surface area contributed by atoms with Gasteiger partial charge < -0.3 is 15.3 Å². The van der Waals surface area contributed by atoms with Crippen molar-refractivity contribution in [1.29, 1.82) is 0 Å². The van der Waals surface area contributed by atoms with Crippen molar-refractivity contribution in [3.05, 3.63) is 75.7 Å². The Balaban J connectivity index is 1.12. The second-order valence-electron chi connectivity index (χ2n) is 16.8. The molecule has 1 saturated heterocycles. The highest BCUT2D eigenvalue weighted by molar-refractivity contribution is 7.14. The molecule has 3 aromatic rings. The van der Waals surface area contributed by atoms with E-state index in [0.29, 0.717) is 23.7 Å². The highest BCUT2D eigenvalue weighted by Crippen LogP contribution is 2.42.